The first-order chi connectivity index (χ1) is 6.68. The number of carboxylic acids is 1. The van der Waals surface area contributed by atoms with Gasteiger partial charge in [0.1, 0.15) is 0 Å². The molecule has 1 aromatic rings. The first kappa shape index (κ1) is 10.7. The highest BCUT2D eigenvalue weighted by molar-refractivity contribution is 5.67. The summed E-state index contributed by atoms with van der Waals surface area (Å²) in [6.07, 6.45) is 2.60. The van der Waals surface area contributed by atoms with Gasteiger partial charge in [0.05, 0.1) is 12.5 Å². The molecule has 4 N–H and O–H groups in total. The van der Waals surface area contributed by atoms with Crippen molar-refractivity contribution >= 4 is 5.97 Å². The number of H-pyrrole nitrogens is 1. The zero-order valence-corrected chi connectivity index (χ0v) is 7.73. The van der Waals surface area contributed by atoms with Gasteiger partial charge in [-0.05, 0) is 11.6 Å². The number of aliphatic hydroxyl groups excluding tert-OH is 1. The van der Waals surface area contributed by atoms with Crippen LogP contribution in [0.1, 0.15) is 12.0 Å². The number of carboxylic acid groups (broad SMARTS) is 1. The molecule has 1 rings (SSSR count). The highest BCUT2D eigenvalue weighted by atomic mass is 16.4. The van der Waals surface area contributed by atoms with Crippen molar-refractivity contribution in [2.45, 2.75) is 19.1 Å². The summed E-state index contributed by atoms with van der Waals surface area (Å²) in [5.41, 5.74) is 1.08. The van der Waals surface area contributed by atoms with Gasteiger partial charge in [-0.15, -0.1) is 0 Å². The van der Waals surface area contributed by atoms with E-state index in [4.69, 9.17) is 5.11 Å². The lowest BCUT2D eigenvalue weighted by molar-refractivity contribution is -0.139. The predicted molar refractivity (Wildman–Crippen MR) is 50.8 cm³/mol. The third-order valence-corrected chi connectivity index (χ3v) is 1.78. The third kappa shape index (κ3) is 4.06. The van der Waals surface area contributed by atoms with Gasteiger partial charge in [-0.2, -0.15) is 0 Å². The van der Waals surface area contributed by atoms with Crippen molar-refractivity contribution in [2.75, 3.05) is 6.54 Å². The summed E-state index contributed by atoms with van der Waals surface area (Å²) in [6, 6.07) is 1.91. The Bertz CT molecular complexity index is 272. The number of nitrogens with one attached hydrogen (secondary N) is 2. The predicted octanol–water partition coefficient (Wildman–Crippen LogP) is -0.0601. The number of aliphatic hydroxyl groups is 1. The zero-order chi connectivity index (χ0) is 10.4. The first-order valence-corrected chi connectivity index (χ1v) is 4.40. The molecule has 0 saturated carbocycles. The van der Waals surface area contributed by atoms with E-state index >= 15 is 0 Å². The molecule has 1 heterocycles. The summed E-state index contributed by atoms with van der Waals surface area (Å²) in [4.78, 5) is 13.1. The lowest BCUT2D eigenvalue weighted by atomic mass is 10.2. The number of hydrogen-bond acceptors (Lipinski definition) is 3. The molecule has 1 aromatic heterocycles. The normalized spacial score (nSPS) is 12.6. The number of aliphatic carboxylic acids is 1. The fraction of sp³-hybridized carbons (Fsp3) is 0.444. The van der Waals surface area contributed by atoms with Crippen LogP contribution < -0.4 is 5.32 Å². The fourth-order valence-corrected chi connectivity index (χ4v) is 1.13. The summed E-state index contributed by atoms with van der Waals surface area (Å²) in [7, 11) is 0. The van der Waals surface area contributed by atoms with Gasteiger partial charge in [0.2, 0.25) is 0 Å². The maximum absolute atomic E-state index is 10.2. The molecule has 0 fully saturated rings. The van der Waals surface area contributed by atoms with Crippen molar-refractivity contribution in [2.24, 2.45) is 0 Å². The lowest BCUT2D eigenvalue weighted by Gasteiger charge is -2.08. The van der Waals surface area contributed by atoms with Crippen molar-refractivity contribution < 1.29 is 15.0 Å². The summed E-state index contributed by atoms with van der Waals surface area (Å²) in [5.74, 6) is -0.985. The Morgan fingerprint density at radius 2 is 2.43 bits per heavy atom. The van der Waals surface area contributed by atoms with Crippen molar-refractivity contribution in [3.63, 3.8) is 0 Å². The van der Waals surface area contributed by atoms with Gasteiger partial charge >= 0.3 is 5.97 Å². The molecular weight excluding hydrogens is 184 g/mol. The van der Waals surface area contributed by atoms with E-state index in [0.29, 0.717) is 6.54 Å². The average Bonchev–Trinajstić information content (AvgIpc) is 2.55. The van der Waals surface area contributed by atoms with Crippen LogP contribution in [-0.4, -0.2) is 33.8 Å². The van der Waals surface area contributed by atoms with Crippen LogP contribution in [0.3, 0.4) is 0 Å². The van der Waals surface area contributed by atoms with E-state index in [1.807, 2.05) is 18.5 Å². The molecular formula is C9H14N2O3. The minimum absolute atomic E-state index is 0.222. The van der Waals surface area contributed by atoms with E-state index in [2.05, 4.69) is 10.3 Å². The molecule has 0 saturated heterocycles. The van der Waals surface area contributed by atoms with Gasteiger partial charge in [-0.1, -0.05) is 0 Å². The Labute approximate surface area is 81.8 Å². The van der Waals surface area contributed by atoms with Crippen molar-refractivity contribution in [3.05, 3.63) is 24.0 Å². The molecule has 0 aromatic carbocycles. The Balaban J connectivity index is 2.12. The Kier molecular flexibility index (Phi) is 4.15. The quantitative estimate of drug-likeness (QED) is 0.516. The van der Waals surface area contributed by atoms with E-state index in [1.165, 1.54) is 0 Å². The molecule has 14 heavy (non-hydrogen) atoms. The molecule has 0 aliphatic heterocycles. The summed E-state index contributed by atoms with van der Waals surface area (Å²) < 4.78 is 0. The van der Waals surface area contributed by atoms with Gasteiger partial charge in [0.25, 0.3) is 0 Å². The number of rotatable bonds is 6. The second kappa shape index (κ2) is 5.41. The summed E-state index contributed by atoms with van der Waals surface area (Å²) in [6.45, 7) is 0.914. The van der Waals surface area contributed by atoms with Crippen LogP contribution in [-0.2, 0) is 11.3 Å². The van der Waals surface area contributed by atoms with Crippen LogP contribution in [0.15, 0.2) is 18.5 Å². The molecule has 0 bridgehead atoms. The van der Waals surface area contributed by atoms with E-state index in [9.17, 15) is 9.90 Å². The zero-order valence-electron chi connectivity index (χ0n) is 7.73. The van der Waals surface area contributed by atoms with Crippen LogP contribution in [0, 0.1) is 0 Å². The molecule has 0 spiro atoms. The highest BCUT2D eigenvalue weighted by Gasteiger charge is 2.08. The Morgan fingerprint density at radius 1 is 1.64 bits per heavy atom. The number of aromatic amines is 1. The van der Waals surface area contributed by atoms with Crippen molar-refractivity contribution in [3.8, 4) is 0 Å². The van der Waals surface area contributed by atoms with Crippen molar-refractivity contribution in [1.82, 2.24) is 10.3 Å². The molecule has 0 radical (unpaired) electrons. The minimum Gasteiger partial charge on any atom is -0.481 e. The van der Waals surface area contributed by atoms with E-state index in [0.717, 1.165) is 5.56 Å². The van der Waals surface area contributed by atoms with Gasteiger partial charge in [0.15, 0.2) is 0 Å². The van der Waals surface area contributed by atoms with Gasteiger partial charge in [-0.3, -0.25) is 4.79 Å². The summed E-state index contributed by atoms with van der Waals surface area (Å²) in [5, 5.41) is 20.5. The van der Waals surface area contributed by atoms with E-state index in [-0.39, 0.29) is 13.0 Å². The van der Waals surface area contributed by atoms with Crippen LogP contribution in [0.2, 0.25) is 0 Å². The molecule has 1 unspecified atom stereocenters. The van der Waals surface area contributed by atoms with Crippen LogP contribution in [0.25, 0.3) is 0 Å². The summed E-state index contributed by atoms with van der Waals surface area (Å²) >= 11 is 0. The molecule has 78 valence electrons. The van der Waals surface area contributed by atoms with Crippen LogP contribution >= 0.6 is 0 Å². The van der Waals surface area contributed by atoms with Gasteiger partial charge in [-0.25, -0.2) is 0 Å². The Morgan fingerprint density at radius 3 is 3.00 bits per heavy atom. The first-order valence-electron chi connectivity index (χ1n) is 4.40. The lowest BCUT2D eigenvalue weighted by Crippen LogP contribution is -2.28. The van der Waals surface area contributed by atoms with Gasteiger partial charge in [0, 0.05) is 25.5 Å². The minimum atomic E-state index is -0.985. The molecule has 0 amide bonds. The smallest absolute Gasteiger partial charge is 0.306 e. The second-order valence-electron chi connectivity index (χ2n) is 3.10. The van der Waals surface area contributed by atoms with E-state index in [1.54, 1.807) is 0 Å². The molecule has 5 heteroatoms. The van der Waals surface area contributed by atoms with E-state index < -0.39 is 12.1 Å². The van der Waals surface area contributed by atoms with Gasteiger partial charge < -0.3 is 20.5 Å². The highest BCUT2D eigenvalue weighted by Crippen LogP contribution is 1.96. The second-order valence-corrected chi connectivity index (χ2v) is 3.10. The largest absolute Gasteiger partial charge is 0.481 e. The monoisotopic (exact) mass is 198 g/mol. The third-order valence-electron chi connectivity index (χ3n) is 1.78. The maximum Gasteiger partial charge on any atom is 0.306 e. The Hall–Kier alpha value is -1.33. The molecule has 5 nitrogen and oxygen atoms in total. The number of aromatic nitrogens is 1. The number of hydrogen-bond donors (Lipinski definition) is 4. The van der Waals surface area contributed by atoms with Crippen molar-refractivity contribution in [1.29, 1.82) is 0 Å². The average molecular weight is 198 g/mol. The standard InChI is InChI=1S/C9H14N2O3/c12-8(3-9(13)14)6-11-5-7-1-2-10-4-7/h1-2,4,8,10-12H,3,5-6H2,(H,13,14). The topological polar surface area (TPSA) is 85.3 Å². The SMILES string of the molecule is O=C(O)CC(O)CNCc1cc[nH]c1. The molecule has 1 atom stereocenters. The fourth-order valence-electron chi connectivity index (χ4n) is 1.13. The molecule has 0 aliphatic carbocycles. The van der Waals surface area contributed by atoms with Crippen LogP contribution in [0.5, 0.6) is 0 Å². The number of carbonyl (C=O) groups is 1. The maximum atomic E-state index is 10.2. The molecule has 0 aliphatic rings. The van der Waals surface area contributed by atoms with Crippen LogP contribution in [0.4, 0.5) is 0 Å².